The van der Waals surface area contributed by atoms with Crippen molar-refractivity contribution < 1.29 is 42.5 Å². The number of hydrogen-bond acceptors (Lipinski definition) is 3. The van der Waals surface area contributed by atoms with Gasteiger partial charge in [0, 0.05) is 0 Å². The molecule has 0 bridgehead atoms. The van der Waals surface area contributed by atoms with E-state index in [0.29, 0.717) is 5.92 Å². The van der Waals surface area contributed by atoms with Gasteiger partial charge in [0.25, 0.3) is 0 Å². The first-order valence-corrected chi connectivity index (χ1v) is 7.13. The molecular formula is C13H19NaO3S. The second-order valence-corrected chi connectivity index (χ2v) is 6.73. The van der Waals surface area contributed by atoms with Crippen LogP contribution in [0.1, 0.15) is 45.6 Å². The summed E-state index contributed by atoms with van der Waals surface area (Å²) < 4.78 is 32.5. The average Bonchev–Trinajstić information content (AvgIpc) is 2.16. The van der Waals surface area contributed by atoms with Crippen molar-refractivity contribution in [1.29, 1.82) is 0 Å². The third-order valence-electron chi connectivity index (χ3n) is 3.02. The molecule has 96 valence electrons. The molecule has 0 spiro atoms. The average molecular weight is 278 g/mol. The zero-order valence-corrected chi connectivity index (χ0v) is 14.5. The molecule has 0 amide bonds. The summed E-state index contributed by atoms with van der Waals surface area (Å²) in [7, 11) is -4.34. The van der Waals surface area contributed by atoms with Crippen molar-refractivity contribution in [1.82, 2.24) is 0 Å². The molecule has 0 N–H and O–H groups in total. The van der Waals surface area contributed by atoms with E-state index in [4.69, 9.17) is 0 Å². The maximum absolute atomic E-state index is 10.8. The van der Waals surface area contributed by atoms with Gasteiger partial charge in [-0.2, -0.15) is 0 Å². The van der Waals surface area contributed by atoms with E-state index < -0.39 is 10.1 Å². The quantitative estimate of drug-likeness (QED) is 0.583. The van der Waals surface area contributed by atoms with E-state index in [1.807, 2.05) is 0 Å². The molecule has 1 aromatic rings. The van der Waals surface area contributed by atoms with Gasteiger partial charge in [-0.25, -0.2) is 8.42 Å². The smallest absolute Gasteiger partial charge is 0.744 e. The number of hydrogen-bond donors (Lipinski definition) is 0. The summed E-state index contributed by atoms with van der Waals surface area (Å²) in [5.41, 5.74) is 1.19. The fraction of sp³-hybridized carbons (Fsp3) is 0.538. The zero-order chi connectivity index (χ0) is 13.3. The van der Waals surface area contributed by atoms with Crippen LogP contribution in [0, 0.1) is 5.41 Å². The fourth-order valence-electron chi connectivity index (χ4n) is 2.21. The molecule has 0 aromatic heterocycles. The summed E-state index contributed by atoms with van der Waals surface area (Å²) in [4.78, 5) is -0.162. The van der Waals surface area contributed by atoms with Crippen molar-refractivity contribution in [2.45, 2.75) is 44.9 Å². The van der Waals surface area contributed by atoms with Crippen LogP contribution in [0.5, 0.6) is 0 Å². The molecule has 0 aliphatic carbocycles. The van der Waals surface area contributed by atoms with Gasteiger partial charge in [0.15, 0.2) is 0 Å². The minimum absolute atomic E-state index is 0. The second-order valence-electron chi connectivity index (χ2n) is 5.35. The van der Waals surface area contributed by atoms with Crippen molar-refractivity contribution in [2.24, 2.45) is 5.41 Å². The van der Waals surface area contributed by atoms with Gasteiger partial charge in [0.2, 0.25) is 0 Å². The molecule has 0 saturated carbocycles. The van der Waals surface area contributed by atoms with Crippen LogP contribution in [-0.4, -0.2) is 13.0 Å². The molecule has 0 saturated heterocycles. The van der Waals surface area contributed by atoms with Crippen LogP contribution >= 0.6 is 0 Å². The Morgan fingerprint density at radius 2 is 1.61 bits per heavy atom. The van der Waals surface area contributed by atoms with Gasteiger partial charge in [0.1, 0.15) is 10.1 Å². The van der Waals surface area contributed by atoms with E-state index in [-0.39, 0.29) is 39.9 Å². The summed E-state index contributed by atoms with van der Waals surface area (Å²) in [6, 6.07) is 6.27. The normalized spacial score (nSPS) is 13.8. The molecule has 1 unspecified atom stereocenters. The van der Waals surface area contributed by atoms with Crippen LogP contribution in [0.2, 0.25) is 0 Å². The van der Waals surface area contributed by atoms with Crippen LogP contribution in [-0.2, 0) is 10.1 Å². The van der Waals surface area contributed by atoms with E-state index in [9.17, 15) is 13.0 Å². The van der Waals surface area contributed by atoms with E-state index in [0.717, 1.165) is 12.0 Å². The Labute approximate surface area is 132 Å². The summed E-state index contributed by atoms with van der Waals surface area (Å²) in [5.74, 6) is 0.353. The van der Waals surface area contributed by atoms with Crippen molar-refractivity contribution in [3.8, 4) is 0 Å². The maximum atomic E-state index is 10.8. The molecule has 0 radical (unpaired) electrons. The van der Waals surface area contributed by atoms with Gasteiger partial charge in [0.05, 0.1) is 4.90 Å². The molecule has 1 aromatic carbocycles. The molecule has 1 rings (SSSR count). The monoisotopic (exact) mass is 278 g/mol. The van der Waals surface area contributed by atoms with E-state index in [1.54, 1.807) is 12.1 Å². The van der Waals surface area contributed by atoms with E-state index in [1.165, 1.54) is 12.1 Å². The molecule has 0 aliphatic rings. The van der Waals surface area contributed by atoms with Gasteiger partial charge < -0.3 is 4.55 Å². The van der Waals surface area contributed by atoms with Gasteiger partial charge in [-0.3, -0.25) is 0 Å². The standard InChI is InChI=1S/C13H20O3S.Na/c1-5-12(13(2,3)4)10-6-8-11(9-7-10)17(14,15)16;/h6-9,12H,5H2,1-4H3,(H,14,15,16);/q;+1/p-1. The Hall–Kier alpha value is 0.130. The maximum Gasteiger partial charge on any atom is 1.00 e. The molecule has 1 atom stereocenters. The van der Waals surface area contributed by atoms with Crippen LogP contribution in [0.15, 0.2) is 29.2 Å². The zero-order valence-electron chi connectivity index (χ0n) is 11.7. The first kappa shape index (κ1) is 18.1. The fourth-order valence-corrected chi connectivity index (χ4v) is 2.68. The molecule has 0 aliphatic heterocycles. The topological polar surface area (TPSA) is 57.2 Å². The van der Waals surface area contributed by atoms with E-state index >= 15 is 0 Å². The number of rotatable bonds is 3. The third-order valence-corrected chi connectivity index (χ3v) is 3.87. The Morgan fingerprint density at radius 1 is 1.17 bits per heavy atom. The van der Waals surface area contributed by atoms with Crippen LogP contribution < -0.4 is 29.6 Å². The van der Waals surface area contributed by atoms with Crippen LogP contribution in [0.3, 0.4) is 0 Å². The van der Waals surface area contributed by atoms with Crippen molar-refractivity contribution in [3.05, 3.63) is 29.8 Å². The summed E-state index contributed by atoms with van der Waals surface area (Å²) in [6.45, 7) is 8.56. The third kappa shape index (κ3) is 4.67. The van der Waals surface area contributed by atoms with Crippen LogP contribution in [0.25, 0.3) is 0 Å². The van der Waals surface area contributed by atoms with Crippen molar-refractivity contribution in [2.75, 3.05) is 0 Å². The molecule has 0 heterocycles. The SMILES string of the molecule is CCC(c1ccc(S(=O)(=O)[O-])cc1)C(C)(C)C.[Na+]. The Morgan fingerprint density at radius 3 is 1.89 bits per heavy atom. The molecule has 0 fully saturated rings. The first-order valence-electron chi connectivity index (χ1n) is 5.72. The van der Waals surface area contributed by atoms with Gasteiger partial charge in [-0.05, 0) is 35.4 Å². The Balaban J connectivity index is 0.00000289. The van der Waals surface area contributed by atoms with Gasteiger partial charge in [-0.1, -0.05) is 39.8 Å². The minimum atomic E-state index is -4.34. The largest absolute Gasteiger partial charge is 1.00 e. The minimum Gasteiger partial charge on any atom is -0.744 e. The first-order chi connectivity index (χ1) is 7.66. The second kappa shape index (κ2) is 6.53. The molecular weight excluding hydrogens is 259 g/mol. The van der Waals surface area contributed by atoms with Crippen LogP contribution in [0.4, 0.5) is 0 Å². The van der Waals surface area contributed by atoms with Gasteiger partial charge >= 0.3 is 29.6 Å². The number of benzene rings is 1. The predicted molar refractivity (Wildman–Crippen MR) is 66.9 cm³/mol. The summed E-state index contributed by atoms with van der Waals surface area (Å²) >= 11 is 0. The summed E-state index contributed by atoms with van der Waals surface area (Å²) in [6.07, 6.45) is 0.979. The summed E-state index contributed by atoms with van der Waals surface area (Å²) in [5, 5.41) is 0. The van der Waals surface area contributed by atoms with Crippen molar-refractivity contribution in [3.63, 3.8) is 0 Å². The molecule has 18 heavy (non-hydrogen) atoms. The predicted octanol–water partition coefficient (Wildman–Crippen LogP) is 0.134. The van der Waals surface area contributed by atoms with Gasteiger partial charge in [-0.15, -0.1) is 0 Å². The Kier molecular flexibility index (Phi) is 6.57. The molecule has 5 heteroatoms. The Bertz CT molecular complexity index is 472. The molecule has 3 nitrogen and oxygen atoms in total. The van der Waals surface area contributed by atoms with Crippen molar-refractivity contribution >= 4 is 10.1 Å². The van der Waals surface area contributed by atoms with E-state index in [2.05, 4.69) is 27.7 Å².